The van der Waals surface area contributed by atoms with Crippen LogP contribution in [0.5, 0.6) is 0 Å². The van der Waals surface area contributed by atoms with E-state index in [0.717, 1.165) is 26.1 Å². The molecule has 0 bridgehead atoms. The number of likely N-dealkylation sites (N-methyl/N-ethyl adjacent to an activating group) is 1. The van der Waals surface area contributed by atoms with Crippen LogP contribution in [-0.4, -0.2) is 36.2 Å². The average molecular weight is 242 g/mol. The SMILES string of the molecule is CCc1nc(CN(CC)[C@@H](C)COC)cs1. The Hall–Kier alpha value is -0.450. The van der Waals surface area contributed by atoms with Crippen LogP contribution in [0.1, 0.15) is 31.5 Å². The van der Waals surface area contributed by atoms with Gasteiger partial charge in [-0.25, -0.2) is 4.98 Å². The molecule has 16 heavy (non-hydrogen) atoms. The minimum absolute atomic E-state index is 0.446. The summed E-state index contributed by atoms with van der Waals surface area (Å²) in [5.74, 6) is 0. The first-order chi connectivity index (χ1) is 7.71. The molecule has 4 heteroatoms. The summed E-state index contributed by atoms with van der Waals surface area (Å²) in [5, 5.41) is 3.39. The number of thiazole rings is 1. The monoisotopic (exact) mass is 242 g/mol. The van der Waals surface area contributed by atoms with E-state index in [4.69, 9.17) is 4.74 Å². The van der Waals surface area contributed by atoms with Crippen LogP contribution in [0.2, 0.25) is 0 Å². The molecule has 0 aliphatic rings. The Morgan fingerprint density at radius 2 is 2.25 bits per heavy atom. The van der Waals surface area contributed by atoms with Crippen molar-refractivity contribution in [2.45, 2.75) is 39.8 Å². The standard InChI is InChI=1S/C12H22N2OS/c1-5-12-13-11(9-16-12)7-14(6-2)10(3)8-15-4/h9-10H,5-8H2,1-4H3/t10-/m0/s1. The Balaban J connectivity index is 2.55. The van der Waals surface area contributed by atoms with Crippen molar-refractivity contribution in [3.63, 3.8) is 0 Å². The molecule has 92 valence electrons. The molecule has 0 N–H and O–H groups in total. The molecule has 1 aromatic rings. The first kappa shape index (κ1) is 13.6. The van der Waals surface area contributed by atoms with E-state index in [1.54, 1.807) is 18.4 Å². The molecule has 1 rings (SSSR count). The second kappa shape index (κ2) is 6.99. The van der Waals surface area contributed by atoms with Gasteiger partial charge >= 0.3 is 0 Å². The van der Waals surface area contributed by atoms with Gasteiger partial charge in [0, 0.05) is 25.1 Å². The maximum absolute atomic E-state index is 5.19. The molecular weight excluding hydrogens is 220 g/mol. The molecule has 0 aliphatic carbocycles. The van der Waals surface area contributed by atoms with E-state index in [-0.39, 0.29) is 0 Å². The molecule has 3 nitrogen and oxygen atoms in total. The Labute approximate surface area is 102 Å². The Morgan fingerprint density at radius 1 is 1.50 bits per heavy atom. The fraction of sp³-hybridized carbons (Fsp3) is 0.750. The molecule has 0 radical (unpaired) electrons. The van der Waals surface area contributed by atoms with E-state index in [9.17, 15) is 0 Å². The lowest BCUT2D eigenvalue weighted by Gasteiger charge is -2.26. The molecule has 0 saturated heterocycles. The third kappa shape index (κ3) is 3.85. The lowest BCUT2D eigenvalue weighted by atomic mass is 10.3. The van der Waals surface area contributed by atoms with Crippen molar-refractivity contribution in [1.82, 2.24) is 9.88 Å². The van der Waals surface area contributed by atoms with Crippen LogP contribution in [0.4, 0.5) is 0 Å². The predicted octanol–water partition coefficient (Wildman–Crippen LogP) is 2.56. The lowest BCUT2D eigenvalue weighted by molar-refractivity contribution is 0.0975. The summed E-state index contributed by atoms with van der Waals surface area (Å²) in [5.41, 5.74) is 1.19. The van der Waals surface area contributed by atoms with Gasteiger partial charge in [0.2, 0.25) is 0 Å². The van der Waals surface area contributed by atoms with Gasteiger partial charge in [-0.15, -0.1) is 11.3 Å². The highest BCUT2D eigenvalue weighted by molar-refractivity contribution is 7.09. The third-order valence-electron chi connectivity index (χ3n) is 2.70. The van der Waals surface area contributed by atoms with Crippen molar-refractivity contribution in [3.8, 4) is 0 Å². The van der Waals surface area contributed by atoms with Crippen molar-refractivity contribution in [1.29, 1.82) is 0 Å². The van der Waals surface area contributed by atoms with Crippen molar-refractivity contribution >= 4 is 11.3 Å². The minimum Gasteiger partial charge on any atom is -0.383 e. The second-order valence-corrected chi connectivity index (χ2v) is 4.90. The highest BCUT2D eigenvalue weighted by Crippen LogP contribution is 2.13. The average Bonchev–Trinajstić information content (AvgIpc) is 2.73. The van der Waals surface area contributed by atoms with Gasteiger partial charge in [0.1, 0.15) is 0 Å². The molecule has 1 aromatic heterocycles. The quantitative estimate of drug-likeness (QED) is 0.735. The zero-order valence-electron chi connectivity index (χ0n) is 10.7. The molecule has 1 atom stereocenters. The molecule has 0 fully saturated rings. The van der Waals surface area contributed by atoms with Gasteiger partial charge in [0.15, 0.2) is 0 Å². The third-order valence-corrected chi connectivity index (χ3v) is 3.75. The molecule has 1 heterocycles. The zero-order chi connectivity index (χ0) is 12.0. The minimum atomic E-state index is 0.446. The van der Waals surface area contributed by atoms with Crippen LogP contribution in [-0.2, 0) is 17.7 Å². The molecule has 0 aromatic carbocycles. The van der Waals surface area contributed by atoms with Gasteiger partial charge in [0.05, 0.1) is 17.3 Å². The fourth-order valence-corrected chi connectivity index (χ4v) is 2.45. The Morgan fingerprint density at radius 3 is 2.75 bits per heavy atom. The molecular formula is C12H22N2OS. The molecule has 0 spiro atoms. The van der Waals surface area contributed by atoms with E-state index in [0.29, 0.717) is 6.04 Å². The molecule has 0 amide bonds. The number of hydrogen-bond acceptors (Lipinski definition) is 4. The van der Waals surface area contributed by atoms with Crippen LogP contribution < -0.4 is 0 Å². The van der Waals surface area contributed by atoms with Crippen molar-refractivity contribution in [3.05, 3.63) is 16.1 Å². The summed E-state index contributed by atoms with van der Waals surface area (Å²) in [7, 11) is 1.75. The van der Waals surface area contributed by atoms with E-state index >= 15 is 0 Å². The van der Waals surface area contributed by atoms with E-state index in [1.165, 1.54) is 10.7 Å². The number of nitrogens with zero attached hydrogens (tertiary/aromatic N) is 2. The molecule has 0 aliphatic heterocycles. The summed E-state index contributed by atoms with van der Waals surface area (Å²) in [6.07, 6.45) is 1.03. The summed E-state index contributed by atoms with van der Waals surface area (Å²) >= 11 is 1.76. The van der Waals surface area contributed by atoms with E-state index in [2.05, 4.69) is 36.0 Å². The number of hydrogen-bond donors (Lipinski definition) is 0. The number of methoxy groups -OCH3 is 1. The number of ether oxygens (including phenoxy) is 1. The highest BCUT2D eigenvalue weighted by Gasteiger charge is 2.13. The summed E-state index contributed by atoms with van der Waals surface area (Å²) < 4.78 is 5.19. The summed E-state index contributed by atoms with van der Waals surface area (Å²) in [4.78, 5) is 6.98. The van der Waals surface area contributed by atoms with Crippen LogP contribution in [0.3, 0.4) is 0 Å². The highest BCUT2D eigenvalue weighted by atomic mass is 32.1. The van der Waals surface area contributed by atoms with Gasteiger partial charge < -0.3 is 4.74 Å². The maximum atomic E-state index is 5.19. The fourth-order valence-electron chi connectivity index (χ4n) is 1.72. The largest absolute Gasteiger partial charge is 0.383 e. The van der Waals surface area contributed by atoms with Crippen LogP contribution in [0.25, 0.3) is 0 Å². The van der Waals surface area contributed by atoms with Crippen molar-refractivity contribution in [2.24, 2.45) is 0 Å². The number of rotatable bonds is 7. The van der Waals surface area contributed by atoms with Gasteiger partial charge in [-0.05, 0) is 19.9 Å². The lowest BCUT2D eigenvalue weighted by Crippen LogP contribution is -2.35. The second-order valence-electron chi connectivity index (χ2n) is 3.95. The topological polar surface area (TPSA) is 25.4 Å². The van der Waals surface area contributed by atoms with E-state index in [1.807, 2.05) is 0 Å². The van der Waals surface area contributed by atoms with Gasteiger partial charge in [-0.3, -0.25) is 4.90 Å². The van der Waals surface area contributed by atoms with Crippen LogP contribution >= 0.6 is 11.3 Å². The normalized spacial score (nSPS) is 13.3. The van der Waals surface area contributed by atoms with Gasteiger partial charge in [0.25, 0.3) is 0 Å². The summed E-state index contributed by atoms with van der Waals surface area (Å²) in [6.45, 7) is 9.26. The Bertz CT molecular complexity index is 301. The van der Waals surface area contributed by atoms with Crippen LogP contribution in [0, 0.1) is 0 Å². The first-order valence-corrected chi connectivity index (χ1v) is 6.75. The van der Waals surface area contributed by atoms with Gasteiger partial charge in [-0.2, -0.15) is 0 Å². The van der Waals surface area contributed by atoms with Crippen molar-refractivity contribution in [2.75, 3.05) is 20.3 Å². The number of aromatic nitrogens is 1. The van der Waals surface area contributed by atoms with Gasteiger partial charge in [-0.1, -0.05) is 13.8 Å². The maximum Gasteiger partial charge on any atom is 0.0926 e. The predicted molar refractivity (Wildman–Crippen MR) is 68.9 cm³/mol. The zero-order valence-corrected chi connectivity index (χ0v) is 11.5. The Kier molecular flexibility index (Phi) is 5.95. The summed E-state index contributed by atoms with van der Waals surface area (Å²) in [6, 6.07) is 0.446. The smallest absolute Gasteiger partial charge is 0.0926 e. The molecule has 0 saturated carbocycles. The first-order valence-electron chi connectivity index (χ1n) is 5.87. The number of aryl methyl sites for hydroxylation is 1. The van der Waals surface area contributed by atoms with E-state index < -0.39 is 0 Å². The van der Waals surface area contributed by atoms with Crippen molar-refractivity contribution < 1.29 is 4.74 Å². The molecule has 0 unspecified atom stereocenters. The van der Waals surface area contributed by atoms with Crippen LogP contribution in [0.15, 0.2) is 5.38 Å².